The molecule has 0 spiro atoms. The van der Waals surface area contributed by atoms with Gasteiger partial charge in [0.25, 0.3) is 0 Å². The average Bonchev–Trinajstić information content (AvgIpc) is 2.51. The Bertz CT molecular complexity index is 485. The summed E-state index contributed by atoms with van der Waals surface area (Å²) in [4.78, 5) is 20.4. The van der Waals surface area contributed by atoms with E-state index in [1.54, 1.807) is 13.0 Å². The highest BCUT2D eigenvalue weighted by Gasteiger charge is 2.25. The maximum Gasteiger partial charge on any atom is 0.323 e. The molecule has 0 bridgehead atoms. The van der Waals surface area contributed by atoms with Crippen LogP contribution in [0.5, 0.6) is 11.8 Å². The van der Waals surface area contributed by atoms with Crippen LogP contribution in [0, 0.1) is 0 Å². The molecule has 1 aromatic rings. The third-order valence-corrected chi connectivity index (χ3v) is 3.78. The summed E-state index contributed by atoms with van der Waals surface area (Å²) < 4.78 is 15.3. The van der Waals surface area contributed by atoms with Gasteiger partial charge in [0, 0.05) is 0 Å². The molecule has 0 amide bonds. The van der Waals surface area contributed by atoms with Crippen molar-refractivity contribution in [3.05, 3.63) is 18.2 Å². The second-order valence-electron chi connectivity index (χ2n) is 4.00. The molecule has 0 fully saturated rings. The second-order valence-corrected chi connectivity index (χ2v) is 5.07. The summed E-state index contributed by atoms with van der Waals surface area (Å²) in [6, 6.07) is 1.57. The van der Waals surface area contributed by atoms with Gasteiger partial charge in [-0.25, -0.2) is 0 Å². The van der Waals surface area contributed by atoms with E-state index >= 15 is 0 Å². The van der Waals surface area contributed by atoms with Crippen molar-refractivity contribution in [3.8, 4) is 11.8 Å². The van der Waals surface area contributed by atoms with Crippen molar-refractivity contribution in [3.63, 3.8) is 0 Å². The number of carbonyl (C=O) groups excluding carboxylic acids is 1. The number of rotatable bonds is 8. The number of aromatic nitrogens is 2. The highest BCUT2D eigenvalue weighted by atomic mass is 32.2. The largest absolute Gasteiger partial charge is 0.481 e. The number of esters is 1. The normalized spacial score (nSPS) is 11.6. The molecule has 7 heteroatoms. The first-order valence-corrected chi connectivity index (χ1v) is 7.41. The van der Waals surface area contributed by atoms with Crippen molar-refractivity contribution >= 4 is 17.7 Å². The molecule has 1 rings (SSSR count). The summed E-state index contributed by atoms with van der Waals surface area (Å²) >= 11 is 1.17. The third kappa shape index (κ3) is 4.93. The Balaban J connectivity index is 3.02. The monoisotopic (exact) mass is 312 g/mol. The van der Waals surface area contributed by atoms with E-state index in [0.717, 1.165) is 5.57 Å². The minimum atomic E-state index is -0.549. The zero-order valence-corrected chi connectivity index (χ0v) is 13.5. The summed E-state index contributed by atoms with van der Waals surface area (Å²) in [6.07, 6.45) is 0.664. The lowest BCUT2D eigenvalue weighted by atomic mass is 10.1. The van der Waals surface area contributed by atoms with Crippen molar-refractivity contribution in [1.29, 1.82) is 0 Å². The molecule has 116 valence electrons. The smallest absolute Gasteiger partial charge is 0.323 e. The van der Waals surface area contributed by atoms with Gasteiger partial charge in [0.05, 0.1) is 26.9 Å². The Morgan fingerprint density at radius 3 is 2.29 bits per heavy atom. The molecular weight excluding hydrogens is 292 g/mol. The van der Waals surface area contributed by atoms with Gasteiger partial charge in [0.15, 0.2) is 5.16 Å². The molecular formula is C14H20N2O4S. The lowest BCUT2D eigenvalue weighted by molar-refractivity contribution is -0.141. The predicted molar refractivity (Wildman–Crippen MR) is 80.8 cm³/mol. The molecule has 0 aromatic carbocycles. The van der Waals surface area contributed by atoms with Crippen LogP contribution in [-0.4, -0.2) is 42.0 Å². The number of ether oxygens (including phenoxy) is 3. The van der Waals surface area contributed by atoms with E-state index in [2.05, 4.69) is 16.5 Å². The van der Waals surface area contributed by atoms with E-state index in [1.807, 2.05) is 6.92 Å². The molecule has 0 aliphatic heterocycles. The number of hydrogen-bond acceptors (Lipinski definition) is 7. The minimum absolute atomic E-state index is 0.315. The van der Waals surface area contributed by atoms with E-state index in [-0.39, 0.29) is 5.97 Å². The SMILES string of the molecule is C=C(CC)C(Sc1nc(OC)cc(OC)n1)C(=O)OCC. The van der Waals surface area contributed by atoms with Gasteiger partial charge in [0.1, 0.15) is 5.25 Å². The Morgan fingerprint density at radius 1 is 1.29 bits per heavy atom. The molecule has 0 aliphatic carbocycles. The van der Waals surface area contributed by atoms with Gasteiger partial charge >= 0.3 is 5.97 Å². The number of methoxy groups -OCH3 is 2. The fourth-order valence-corrected chi connectivity index (χ4v) is 2.45. The highest BCUT2D eigenvalue weighted by molar-refractivity contribution is 8.00. The molecule has 0 radical (unpaired) electrons. The van der Waals surface area contributed by atoms with E-state index in [9.17, 15) is 4.79 Å². The fourth-order valence-electron chi connectivity index (χ4n) is 1.45. The van der Waals surface area contributed by atoms with E-state index in [4.69, 9.17) is 14.2 Å². The molecule has 0 saturated heterocycles. The molecule has 21 heavy (non-hydrogen) atoms. The van der Waals surface area contributed by atoms with Gasteiger partial charge in [-0.3, -0.25) is 4.79 Å². The number of nitrogens with zero attached hydrogens (tertiary/aromatic N) is 2. The van der Waals surface area contributed by atoms with Crippen LogP contribution >= 0.6 is 11.8 Å². The lowest BCUT2D eigenvalue weighted by Gasteiger charge is -2.16. The summed E-state index contributed by atoms with van der Waals surface area (Å²) in [5.74, 6) is 0.392. The number of carbonyl (C=O) groups is 1. The van der Waals surface area contributed by atoms with Gasteiger partial charge in [-0.1, -0.05) is 30.8 Å². The maximum atomic E-state index is 12.0. The van der Waals surface area contributed by atoms with Crippen LogP contribution < -0.4 is 9.47 Å². The van der Waals surface area contributed by atoms with Crippen molar-refractivity contribution in [1.82, 2.24) is 9.97 Å². The first-order valence-electron chi connectivity index (χ1n) is 6.53. The van der Waals surface area contributed by atoms with Crippen LogP contribution in [0.15, 0.2) is 23.4 Å². The van der Waals surface area contributed by atoms with Gasteiger partial charge in [-0.2, -0.15) is 9.97 Å². The first kappa shape index (κ1) is 17.3. The zero-order valence-electron chi connectivity index (χ0n) is 12.7. The minimum Gasteiger partial charge on any atom is -0.481 e. The number of hydrogen-bond donors (Lipinski definition) is 0. The molecule has 0 N–H and O–H groups in total. The standard InChI is InChI=1S/C14H20N2O4S/c1-6-9(3)12(13(17)20-7-2)21-14-15-10(18-4)8-11(16-14)19-5/h8,12H,3,6-7H2,1-2,4-5H3. The molecule has 0 aliphatic rings. The quantitative estimate of drug-likeness (QED) is 0.316. The molecule has 1 atom stereocenters. The lowest BCUT2D eigenvalue weighted by Crippen LogP contribution is -2.22. The van der Waals surface area contributed by atoms with Crippen molar-refractivity contribution in [2.75, 3.05) is 20.8 Å². The van der Waals surface area contributed by atoms with Crippen LogP contribution in [0.25, 0.3) is 0 Å². The number of thioether (sulfide) groups is 1. The maximum absolute atomic E-state index is 12.0. The van der Waals surface area contributed by atoms with Gasteiger partial charge in [-0.05, 0) is 13.3 Å². The molecule has 1 unspecified atom stereocenters. The molecule has 1 heterocycles. The average molecular weight is 312 g/mol. The summed E-state index contributed by atoms with van der Waals surface area (Å²) in [5, 5.41) is -0.175. The van der Waals surface area contributed by atoms with E-state index in [0.29, 0.717) is 29.9 Å². The van der Waals surface area contributed by atoms with Crippen molar-refractivity contribution < 1.29 is 19.0 Å². The van der Waals surface area contributed by atoms with Crippen LogP contribution in [0.3, 0.4) is 0 Å². The molecule has 0 saturated carbocycles. The molecule has 6 nitrogen and oxygen atoms in total. The van der Waals surface area contributed by atoms with Crippen LogP contribution in [-0.2, 0) is 9.53 Å². The highest BCUT2D eigenvalue weighted by Crippen LogP contribution is 2.30. The predicted octanol–water partition coefficient (Wildman–Crippen LogP) is 2.48. The van der Waals surface area contributed by atoms with Crippen molar-refractivity contribution in [2.24, 2.45) is 0 Å². The van der Waals surface area contributed by atoms with E-state index in [1.165, 1.54) is 26.0 Å². The third-order valence-electron chi connectivity index (χ3n) is 2.63. The molecule has 1 aromatic heterocycles. The van der Waals surface area contributed by atoms with Crippen LogP contribution in [0.4, 0.5) is 0 Å². The topological polar surface area (TPSA) is 70.5 Å². The Morgan fingerprint density at radius 2 is 1.86 bits per heavy atom. The summed E-state index contributed by atoms with van der Waals surface area (Å²) in [5.41, 5.74) is 0.754. The van der Waals surface area contributed by atoms with Gasteiger partial charge in [-0.15, -0.1) is 0 Å². The Kier molecular flexibility index (Phi) is 7.01. The second kappa shape index (κ2) is 8.51. The van der Waals surface area contributed by atoms with Crippen LogP contribution in [0.1, 0.15) is 20.3 Å². The Hall–Kier alpha value is -1.76. The van der Waals surface area contributed by atoms with E-state index < -0.39 is 5.25 Å². The van der Waals surface area contributed by atoms with Gasteiger partial charge < -0.3 is 14.2 Å². The summed E-state index contributed by atoms with van der Waals surface area (Å²) in [7, 11) is 3.01. The van der Waals surface area contributed by atoms with Crippen LogP contribution in [0.2, 0.25) is 0 Å². The fraction of sp³-hybridized carbons (Fsp3) is 0.500. The first-order chi connectivity index (χ1) is 10.0. The van der Waals surface area contributed by atoms with Gasteiger partial charge in [0.2, 0.25) is 11.8 Å². The van der Waals surface area contributed by atoms with Crippen molar-refractivity contribution in [2.45, 2.75) is 30.7 Å². The Labute approximate surface area is 128 Å². The zero-order chi connectivity index (χ0) is 15.8. The summed E-state index contributed by atoms with van der Waals surface area (Å²) in [6.45, 7) is 7.93.